The van der Waals surface area contributed by atoms with Crippen LogP contribution in [0.25, 0.3) is 0 Å². The molecule has 1 N–H and O–H groups in total. The largest absolute Gasteiger partial charge is 0.465 e. The molecule has 1 aromatic rings. The molecule has 20 heavy (non-hydrogen) atoms. The molecular formula is C17H32N2O. The van der Waals surface area contributed by atoms with Gasteiger partial charge in [-0.25, -0.2) is 0 Å². The van der Waals surface area contributed by atoms with E-state index < -0.39 is 0 Å². The first-order valence-corrected chi connectivity index (χ1v) is 7.93. The van der Waals surface area contributed by atoms with Crippen molar-refractivity contribution in [2.75, 3.05) is 13.6 Å². The van der Waals surface area contributed by atoms with Gasteiger partial charge in [-0.15, -0.1) is 0 Å². The van der Waals surface area contributed by atoms with Crippen LogP contribution in [0.1, 0.15) is 57.6 Å². The van der Waals surface area contributed by atoms with E-state index >= 15 is 0 Å². The van der Waals surface area contributed by atoms with E-state index in [-0.39, 0.29) is 0 Å². The van der Waals surface area contributed by atoms with E-state index in [1.165, 1.54) is 18.4 Å². The maximum Gasteiger partial charge on any atom is 0.118 e. The third kappa shape index (κ3) is 5.68. The maximum absolute atomic E-state index is 5.89. The second-order valence-corrected chi connectivity index (χ2v) is 6.36. The fourth-order valence-corrected chi connectivity index (χ4v) is 2.50. The summed E-state index contributed by atoms with van der Waals surface area (Å²) in [6, 6.07) is 2.79. The minimum atomic E-state index is 0.585. The van der Waals surface area contributed by atoms with Crippen LogP contribution in [-0.4, -0.2) is 24.5 Å². The molecule has 0 saturated carbocycles. The van der Waals surface area contributed by atoms with Crippen LogP contribution < -0.4 is 5.32 Å². The average Bonchev–Trinajstić information content (AvgIpc) is 2.69. The Balaban J connectivity index is 2.53. The van der Waals surface area contributed by atoms with Crippen molar-refractivity contribution in [2.45, 2.75) is 66.6 Å². The quantitative estimate of drug-likeness (QED) is 0.694. The summed E-state index contributed by atoms with van der Waals surface area (Å²) >= 11 is 0. The zero-order chi connectivity index (χ0) is 15.1. The van der Waals surface area contributed by atoms with Crippen LogP contribution in [0.3, 0.4) is 0 Å². The standard InChI is InChI=1S/C17H32N2O/c1-7-8-18-11-16-10-17(20-15(16)5)12-19(6)14(4)9-13(2)3/h10,13-14,18H,7-9,11-12H2,1-6H3. The molecule has 0 fully saturated rings. The van der Waals surface area contributed by atoms with E-state index in [9.17, 15) is 0 Å². The predicted octanol–water partition coefficient (Wildman–Crippen LogP) is 3.95. The van der Waals surface area contributed by atoms with Crippen molar-refractivity contribution < 1.29 is 4.42 Å². The van der Waals surface area contributed by atoms with Crippen molar-refractivity contribution in [1.29, 1.82) is 0 Å². The maximum atomic E-state index is 5.89. The summed E-state index contributed by atoms with van der Waals surface area (Å²) in [5.74, 6) is 2.86. The molecule has 3 heteroatoms. The van der Waals surface area contributed by atoms with Crippen LogP contribution in [0.15, 0.2) is 10.5 Å². The van der Waals surface area contributed by atoms with Gasteiger partial charge in [-0.05, 0) is 52.3 Å². The first-order chi connectivity index (χ1) is 9.43. The minimum Gasteiger partial charge on any atom is -0.465 e. The van der Waals surface area contributed by atoms with E-state index in [0.29, 0.717) is 6.04 Å². The molecule has 0 aliphatic carbocycles. The van der Waals surface area contributed by atoms with Crippen LogP contribution in [-0.2, 0) is 13.1 Å². The van der Waals surface area contributed by atoms with Gasteiger partial charge >= 0.3 is 0 Å². The molecule has 1 rings (SSSR count). The van der Waals surface area contributed by atoms with E-state index in [1.54, 1.807) is 0 Å². The van der Waals surface area contributed by atoms with E-state index in [1.807, 2.05) is 0 Å². The minimum absolute atomic E-state index is 0.585. The summed E-state index contributed by atoms with van der Waals surface area (Å²) in [5, 5.41) is 3.43. The smallest absolute Gasteiger partial charge is 0.118 e. The number of aryl methyl sites for hydroxylation is 1. The molecule has 1 heterocycles. The highest BCUT2D eigenvalue weighted by Crippen LogP contribution is 2.18. The Morgan fingerprint density at radius 1 is 1.30 bits per heavy atom. The van der Waals surface area contributed by atoms with Crippen molar-refractivity contribution >= 4 is 0 Å². The normalized spacial score (nSPS) is 13.4. The summed E-state index contributed by atoms with van der Waals surface area (Å²) in [5.41, 5.74) is 1.29. The third-order valence-corrected chi connectivity index (χ3v) is 3.78. The first kappa shape index (κ1) is 17.3. The topological polar surface area (TPSA) is 28.4 Å². The van der Waals surface area contributed by atoms with Crippen molar-refractivity contribution in [3.8, 4) is 0 Å². The van der Waals surface area contributed by atoms with Crippen molar-refractivity contribution in [1.82, 2.24) is 10.2 Å². The van der Waals surface area contributed by atoms with E-state index in [4.69, 9.17) is 4.42 Å². The Morgan fingerprint density at radius 3 is 2.60 bits per heavy atom. The zero-order valence-electron chi connectivity index (χ0n) is 14.1. The zero-order valence-corrected chi connectivity index (χ0v) is 14.1. The highest BCUT2D eigenvalue weighted by Gasteiger charge is 2.14. The lowest BCUT2D eigenvalue weighted by atomic mass is 10.0. The lowest BCUT2D eigenvalue weighted by Crippen LogP contribution is -2.29. The molecule has 116 valence electrons. The molecule has 0 bridgehead atoms. The third-order valence-electron chi connectivity index (χ3n) is 3.78. The summed E-state index contributed by atoms with van der Waals surface area (Å²) in [4.78, 5) is 2.38. The fraction of sp³-hybridized carbons (Fsp3) is 0.765. The Labute approximate surface area is 124 Å². The molecular weight excluding hydrogens is 248 g/mol. The molecule has 0 saturated heterocycles. The highest BCUT2D eigenvalue weighted by atomic mass is 16.3. The van der Waals surface area contributed by atoms with Gasteiger partial charge in [-0.2, -0.15) is 0 Å². The lowest BCUT2D eigenvalue weighted by Gasteiger charge is -2.25. The number of hydrogen-bond acceptors (Lipinski definition) is 3. The molecule has 0 amide bonds. The average molecular weight is 280 g/mol. The Morgan fingerprint density at radius 2 is 2.00 bits per heavy atom. The van der Waals surface area contributed by atoms with Gasteiger partial charge in [0.2, 0.25) is 0 Å². The second kappa shape index (κ2) is 8.48. The summed E-state index contributed by atoms with van der Waals surface area (Å²) in [6.07, 6.45) is 2.39. The SMILES string of the molecule is CCCNCc1cc(CN(C)C(C)CC(C)C)oc1C. The van der Waals surface area contributed by atoms with Crippen LogP contribution in [0.2, 0.25) is 0 Å². The lowest BCUT2D eigenvalue weighted by molar-refractivity contribution is 0.204. The van der Waals surface area contributed by atoms with Crippen LogP contribution in [0, 0.1) is 12.8 Å². The molecule has 1 atom stereocenters. The van der Waals surface area contributed by atoms with Crippen molar-refractivity contribution in [3.05, 3.63) is 23.2 Å². The summed E-state index contributed by atoms with van der Waals surface area (Å²) in [6.45, 7) is 14.0. The Bertz CT molecular complexity index is 384. The highest BCUT2D eigenvalue weighted by molar-refractivity contribution is 5.20. The monoisotopic (exact) mass is 280 g/mol. The molecule has 3 nitrogen and oxygen atoms in total. The van der Waals surface area contributed by atoms with Gasteiger partial charge < -0.3 is 9.73 Å². The van der Waals surface area contributed by atoms with Crippen molar-refractivity contribution in [2.24, 2.45) is 5.92 Å². The van der Waals surface area contributed by atoms with E-state index in [0.717, 1.165) is 37.1 Å². The number of furan rings is 1. The molecule has 0 aliphatic heterocycles. The summed E-state index contributed by atoms with van der Waals surface area (Å²) in [7, 11) is 2.18. The predicted molar refractivity (Wildman–Crippen MR) is 85.8 cm³/mol. The van der Waals surface area contributed by atoms with Crippen LogP contribution >= 0.6 is 0 Å². The molecule has 1 unspecified atom stereocenters. The molecule has 0 radical (unpaired) electrons. The number of rotatable bonds is 9. The van der Waals surface area contributed by atoms with Gasteiger partial charge in [0.1, 0.15) is 11.5 Å². The molecule has 0 aromatic carbocycles. The van der Waals surface area contributed by atoms with Crippen LogP contribution in [0.4, 0.5) is 0 Å². The van der Waals surface area contributed by atoms with Crippen LogP contribution in [0.5, 0.6) is 0 Å². The van der Waals surface area contributed by atoms with Gasteiger partial charge in [0.15, 0.2) is 0 Å². The Kier molecular flexibility index (Phi) is 7.31. The number of nitrogens with one attached hydrogen (secondary N) is 1. The van der Waals surface area contributed by atoms with Crippen molar-refractivity contribution in [3.63, 3.8) is 0 Å². The van der Waals surface area contributed by atoms with E-state index in [2.05, 4.69) is 57.9 Å². The van der Waals surface area contributed by atoms with Gasteiger partial charge in [0.25, 0.3) is 0 Å². The van der Waals surface area contributed by atoms with Gasteiger partial charge in [0.05, 0.1) is 6.54 Å². The number of nitrogens with zero attached hydrogens (tertiary/aromatic N) is 1. The fourth-order valence-electron chi connectivity index (χ4n) is 2.50. The van der Waals surface area contributed by atoms with Gasteiger partial charge in [0, 0.05) is 18.2 Å². The Hall–Kier alpha value is -0.800. The first-order valence-electron chi connectivity index (χ1n) is 7.93. The molecule has 0 spiro atoms. The molecule has 1 aromatic heterocycles. The summed E-state index contributed by atoms with van der Waals surface area (Å²) < 4.78 is 5.89. The second-order valence-electron chi connectivity index (χ2n) is 6.36. The number of hydrogen-bond donors (Lipinski definition) is 1. The molecule has 0 aliphatic rings. The van der Waals surface area contributed by atoms with Gasteiger partial charge in [-0.3, -0.25) is 4.90 Å². The van der Waals surface area contributed by atoms with Gasteiger partial charge in [-0.1, -0.05) is 20.8 Å².